The van der Waals surface area contributed by atoms with Gasteiger partial charge < -0.3 is 5.11 Å². The van der Waals surface area contributed by atoms with E-state index in [0.717, 1.165) is 5.56 Å². The maximum Gasteiger partial charge on any atom is 0.242 e. The highest BCUT2D eigenvalue weighted by Crippen LogP contribution is 2.18. The van der Waals surface area contributed by atoms with Crippen LogP contribution in [0.2, 0.25) is 0 Å². The summed E-state index contributed by atoms with van der Waals surface area (Å²) in [7, 11) is 0. The molecule has 88 valence electrons. The molecule has 4 heteroatoms. The van der Waals surface area contributed by atoms with Crippen LogP contribution in [0.3, 0.4) is 0 Å². The minimum Gasteiger partial charge on any atom is -0.386 e. The van der Waals surface area contributed by atoms with E-state index in [9.17, 15) is 15.2 Å². The Morgan fingerprint density at radius 3 is 2.44 bits per heavy atom. The van der Waals surface area contributed by atoms with Crippen molar-refractivity contribution in [3.63, 3.8) is 0 Å². The van der Waals surface area contributed by atoms with Gasteiger partial charge in [0.15, 0.2) is 0 Å². The summed E-state index contributed by atoms with van der Waals surface area (Å²) in [5, 5.41) is 20.5. The zero-order valence-electron chi connectivity index (χ0n) is 9.59. The fraction of sp³-hybridized carbons (Fsp3) is 0.500. The maximum absolute atomic E-state index is 10.7. The average molecular weight is 223 g/mol. The molecule has 1 aromatic rings. The van der Waals surface area contributed by atoms with E-state index in [1.807, 2.05) is 30.3 Å². The second kappa shape index (κ2) is 5.07. The Hall–Kier alpha value is -1.42. The number of aryl methyl sites for hydroxylation is 1. The van der Waals surface area contributed by atoms with Crippen molar-refractivity contribution < 1.29 is 10.0 Å². The van der Waals surface area contributed by atoms with Crippen molar-refractivity contribution in [3.8, 4) is 0 Å². The monoisotopic (exact) mass is 223 g/mol. The molecular weight excluding hydrogens is 206 g/mol. The van der Waals surface area contributed by atoms with Crippen molar-refractivity contribution in [1.29, 1.82) is 0 Å². The third-order valence-corrected chi connectivity index (χ3v) is 2.84. The van der Waals surface area contributed by atoms with Crippen LogP contribution in [0.5, 0.6) is 0 Å². The zero-order valence-corrected chi connectivity index (χ0v) is 9.59. The summed E-state index contributed by atoms with van der Waals surface area (Å²) in [6.07, 6.45) is 0.125. The minimum atomic E-state index is -1.28. The van der Waals surface area contributed by atoms with Gasteiger partial charge >= 0.3 is 0 Å². The first-order chi connectivity index (χ1) is 7.44. The van der Waals surface area contributed by atoms with Crippen LogP contribution >= 0.6 is 0 Å². The van der Waals surface area contributed by atoms with E-state index in [0.29, 0.717) is 12.8 Å². The molecule has 0 amide bonds. The van der Waals surface area contributed by atoms with Crippen molar-refractivity contribution in [2.24, 2.45) is 0 Å². The molecule has 4 nitrogen and oxygen atoms in total. The van der Waals surface area contributed by atoms with Gasteiger partial charge in [-0.3, -0.25) is 10.1 Å². The summed E-state index contributed by atoms with van der Waals surface area (Å²) in [6.45, 7) is 2.89. The van der Waals surface area contributed by atoms with E-state index < -0.39 is 16.6 Å². The van der Waals surface area contributed by atoms with Gasteiger partial charge in [0.2, 0.25) is 5.54 Å². The Morgan fingerprint density at radius 2 is 1.94 bits per heavy atom. The zero-order chi connectivity index (χ0) is 12.2. The van der Waals surface area contributed by atoms with Gasteiger partial charge in [-0.25, -0.2) is 0 Å². The highest BCUT2D eigenvalue weighted by Gasteiger charge is 2.39. The topological polar surface area (TPSA) is 63.4 Å². The summed E-state index contributed by atoms with van der Waals surface area (Å²) in [5.41, 5.74) is -0.199. The largest absolute Gasteiger partial charge is 0.386 e. The van der Waals surface area contributed by atoms with E-state index in [1.165, 1.54) is 13.8 Å². The van der Waals surface area contributed by atoms with Crippen molar-refractivity contribution in [2.45, 2.75) is 38.3 Å². The molecule has 0 unspecified atom stereocenters. The first-order valence-electron chi connectivity index (χ1n) is 5.31. The quantitative estimate of drug-likeness (QED) is 0.613. The van der Waals surface area contributed by atoms with Crippen LogP contribution in [0, 0.1) is 10.1 Å². The first kappa shape index (κ1) is 12.6. The lowest BCUT2D eigenvalue weighted by Crippen LogP contribution is -2.43. The Morgan fingerprint density at radius 1 is 1.38 bits per heavy atom. The molecule has 0 spiro atoms. The minimum absolute atomic E-state index is 0.401. The highest BCUT2D eigenvalue weighted by atomic mass is 16.6. The second-order valence-electron chi connectivity index (χ2n) is 4.45. The van der Waals surface area contributed by atoms with Crippen LogP contribution in [-0.4, -0.2) is 21.7 Å². The number of hydrogen-bond donors (Lipinski definition) is 1. The van der Waals surface area contributed by atoms with E-state index in [1.54, 1.807) is 0 Å². The van der Waals surface area contributed by atoms with E-state index in [-0.39, 0.29) is 0 Å². The van der Waals surface area contributed by atoms with Crippen molar-refractivity contribution in [3.05, 3.63) is 46.0 Å². The van der Waals surface area contributed by atoms with Gasteiger partial charge in [-0.15, -0.1) is 0 Å². The number of nitro groups is 1. The highest BCUT2D eigenvalue weighted by molar-refractivity contribution is 5.14. The number of hydrogen-bond acceptors (Lipinski definition) is 3. The fourth-order valence-electron chi connectivity index (χ4n) is 1.42. The van der Waals surface area contributed by atoms with Gasteiger partial charge in [-0.1, -0.05) is 30.3 Å². The molecular formula is C12H17NO3. The average Bonchev–Trinajstić information content (AvgIpc) is 2.27. The fourth-order valence-corrected chi connectivity index (χ4v) is 1.42. The lowest BCUT2D eigenvalue weighted by atomic mass is 9.93. The Balaban J connectivity index is 2.53. The number of aliphatic hydroxyl groups is 1. The van der Waals surface area contributed by atoms with E-state index in [2.05, 4.69) is 0 Å². The number of aliphatic hydroxyl groups excluding tert-OH is 1. The van der Waals surface area contributed by atoms with Gasteiger partial charge in [0, 0.05) is 18.8 Å². The summed E-state index contributed by atoms with van der Waals surface area (Å²) in [4.78, 5) is 10.3. The first-order valence-corrected chi connectivity index (χ1v) is 5.31. The Labute approximate surface area is 95.1 Å². The number of nitrogens with zero attached hydrogens (tertiary/aromatic N) is 1. The van der Waals surface area contributed by atoms with E-state index in [4.69, 9.17) is 0 Å². The van der Waals surface area contributed by atoms with Crippen LogP contribution < -0.4 is 0 Å². The molecule has 0 fully saturated rings. The summed E-state index contributed by atoms with van der Waals surface area (Å²) < 4.78 is 0. The molecule has 0 aromatic heterocycles. The predicted octanol–water partition coefficient (Wildman–Crippen LogP) is 2.04. The van der Waals surface area contributed by atoms with Gasteiger partial charge in [0.05, 0.1) is 0 Å². The molecule has 0 aliphatic rings. The van der Waals surface area contributed by atoms with Gasteiger partial charge in [-0.2, -0.15) is 0 Å². The smallest absolute Gasteiger partial charge is 0.242 e. The van der Waals surface area contributed by atoms with E-state index >= 15 is 0 Å². The lowest BCUT2D eigenvalue weighted by molar-refractivity contribution is -0.573. The molecule has 1 aromatic carbocycles. The Kier molecular flexibility index (Phi) is 4.01. The van der Waals surface area contributed by atoms with Crippen molar-refractivity contribution in [1.82, 2.24) is 0 Å². The molecule has 0 aliphatic carbocycles. The molecule has 1 rings (SSSR count). The maximum atomic E-state index is 10.7. The molecule has 1 atom stereocenters. The van der Waals surface area contributed by atoms with Gasteiger partial charge in [0.25, 0.3) is 0 Å². The molecule has 1 N–H and O–H groups in total. The van der Waals surface area contributed by atoms with Crippen LogP contribution in [-0.2, 0) is 6.42 Å². The second-order valence-corrected chi connectivity index (χ2v) is 4.45. The standard InChI is InChI=1S/C12H17NO3/c1-12(2,13(15)16)11(14)9-8-10-6-4-3-5-7-10/h3-7,11,14H,8-9H2,1-2H3/t11-/m1/s1. The summed E-state index contributed by atoms with van der Waals surface area (Å²) >= 11 is 0. The summed E-state index contributed by atoms with van der Waals surface area (Å²) in [6, 6.07) is 9.65. The van der Waals surface area contributed by atoms with Crippen molar-refractivity contribution in [2.75, 3.05) is 0 Å². The van der Waals surface area contributed by atoms with Gasteiger partial charge in [0.1, 0.15) is 6.10 Å². The normalized spacial score (nSPS) is 13.4. The third kappa shape index (κ3) is 3.03. The number of benzene rings is 1. The lowest BCUT2D eigenvalue weighted by Gasteiger charge is -2.21. The molecule has 0 aliphatic heterocycles. The van der Waals surface area contributed by atoms with Crippen molar-refractivity contribution >= 4 is 0 Å². The van der Waals surface area contributed by atoms with Crippen LogP contribution in [0.4, 0.5) is 0 Å². The molecule has 0 heterocycles. The SMILES string of the molecule is CC(C)([C@H](O)CCc1ccccc1)[N+](=O)[O-]. The van der Waals surface area contributed by atoms with Crippen LogP contribution in [0.15, 0.2) is 30.3 Å². The molecule has 0 radical (unpaired) electrons. The van der Waals surface area contributed by atoms with Crippen LogP contribution in [0.1, 0.15) is 25.8 Å². The molecule has 0 bridgehead atoms. The molecule has 16 heavy (non-hydrogen) atoms. The molecule has 0 saturated heterocycles. The predicted molar refractivity (Wildman–Crippen MR) is 61.8 cm³/mol. The number of rotatable bonds is 5. The third-order valence-electron chi connectivity index (χ3n) is 2.84. The summed E-state index contributed by atoms with van der Waals surface area (Å²) in [5.74, 6) is 0. The molecule has 0 saturated carbocycles. The Bertz CT molecular complexity index is 349. The van der Waals surface area contributed by atoms with Crippen LogP contribution in [0.25, 0.3) is 0 Å². The van der Waals surface area contributed by atoms with Gasteiger partial charge in [-0.05, 0) is 18.4 Å².